The van der Waals surface area contributed by atoms with Crippen LogP contribution in [0.25, 0.3) is 5.57 Å². The van der Waals surface area contributed by atoms with Crippen molar-refractivity contribution in [1.29, 1.82) is 0 Å². The molecule has 2 rings (SSSR count). The van der Waals surface area contributed by atoms with Crippen LogP contribution in [0.5, 0.6) is 0 Å². The molecule has 0 radical (unpaired) electrons. The molecule has 1 heterocycles. The molecule has 1 aromatic rings. The maximum Gasteiger partial charge on any atom is 0.257 e. The monoisotopic (exact) mass is 303 g/mol. The van der Waals surface area contributed by atoms with Crippen LogP contribution in [-0.4, -0.2) is 11.7 Å². The van der Waals surface area contributed by atoms with E-state index in [0.717, 1.165) is 35.4 Å². The number of unbranched alkanes of at least 4 members (excludes halogenated alkanes) is 3. The summed E-state index contributed by atoms with van der Waals surface area (Å²) in [6, 6.07) is 8.01. The van der Waals surface area contributed by atoms with E-state index in [2.05, 4.69) is 25.2 Å². The number of anilines is 1. The molecule has 0 saturated carbocycles. The number of nitrogens with one attached hydrogen (secondary N) is 1. The number of allylic oxidation sites excluding steroid dienone is 1. The number of para-hydroxylation sites is 1. The topological polar surface area (TPSA) is 29.1 Å². The van der Waals surface area contributed by atoms with E-state index in [0.29, 0.717) is 0 Å². The number of hydrogen-bond donors (Lipinski definition) is 1. The average molecular weight is 303 g/mol. The Morgan fingerprint density at radius 1 is 1.10 bits per heavy atom. The molecule has 0 atom stereocenters. The van der Waals surface area contributed by atoms with Crippen LogP contribution >= 0.6 is 11.8 Å². The first-order valence-electron chi connectivity index (χ1n) is 8.04. The third kappa shape index (κ3) is 4.13. The highest BCUT2D eigenvalue weighted by Crippen LogP contribution is 2.39. The van der Waals surface area contributed by atoms with Crippen molar-refractivity contribution in [3.63, 3.8) is 0 Å². The molecule has 1 aliphatic heterocycles. The minimum Gasteiger partial charge on any atom is -0.321 e. The van der Waals surface area contributed by atoms with Crippen LogP contribution in [0, 0.1) is 0 Å². The Balaban J connectivity index is 2.13. The highest BCUT2D eigenvalue weighted by molar-refractivity contribution is 8.03. The summed E-state index contributed by atoms with van der Waals surface area (Å²) in [6.07, 6.45) is 7.18. The first kappa shape index (κ1) is 16.2. The van der Waals surface area contributed by atoms with Gasteiger partial charge in [-0.05, 0) is 29.6 Å². The highest BCUT2D eigenvalue weighted by atomic mass is 32.2. The molecule has 2 nitrogen and oxygen atoms in total. The lowest BCUT2D eigenvalue weighted by atomic mass is 10.1. The van der Waals surface area contributed by atoms with Crippen molar-refractivity contribution in [2.24, 2.45) is 0 Å². The molecule has 0 fully saturated rings. The summed E-state index contributed by atoms with van der Waals surface area (Å²) in [4.78, 5) is 13.6. The lowest BCUT2D eigenvalue weighted by Crippen LogP contribution is -2.05. The van der Waals surface area contributed by atoms with Crippen LogP contribution in [0.3, 0.4) is 0 Å². The van der Waals surface area contributed by atoms with E-state index in [9.17, 15) is 4.79 Å². The number of carbonyl (C=O) groups excluding carboxylic acids is 1. The van der Waals surface area contributed by atoms with Crippen molar-refractivity contribution in [3.8, 4) is 0 Å². The second-order valence-corrected chi connectivity index (χ2v) is 6.65. The average Bonchev–Trinajstić information content (AvgIpc) is 2.82. The number of fused-ring (bicyclic) bond motifs is 1. The highest BCUT2D eigenvalue weighted by Gasteiger charge is 2.26. The summed E-state index contributed by atoms with van der Waals surface area (Å²) in [5.74, 6) is 1.19. The lowest BCUT2D eigenvalue weighted by molar-refractivity contribution is -0.110. The van der Waals surface area contributed by atoms with E-state index in [4.69, 9.17) is 0 Å². The maximum atomic E-state index is 12.3. The van der Waals surface area contributed by atoms with Gasteiger partial charge < -0.3 is 5.32 Å². The molecule has 114 valence electrons. The van der Waals surface area contributed by atoms with Crippen LogP contribution in [0.15, 0.2) is 29.2 Å². The summed E-state index contributed by atoms with van der Waals surface area (Å²) in [6.45, 7) is 4.41. The van der Waals surface area contributed by atoms with E-state index >= 15 is 0 Å². The number of benzene rings is 1. The van der Waals surface area contributed by atoms with Gasteiger partial charge in [0.15, 0.2) is 0 Å². The number of carbonyl (C=O) groups is 1. The fourth-order valence-electron chi connectivity index (χ4n) is 2.61. The van der Waals surface area contributed by atoms with Gasteiger partial charge in [0.2, 0.25) is 0 Å². The minimum absolute atomic E-state index is 0.0701. The second-order valence-electron chi connectivity index (χ2n) is 5.46. The van der Waals surface area contributed by atoms with E-state index in [1.54, 1.807) is 0 Å². The standard InChI is InChI=1S/C18H25NOS/c1-3-5-6-9-13-21-16(10-4-2)17-14-11-7-8-12-15(14)19-18(17)20/h7-8,11-12H,3-6,9-10,13H2,1-2H3,(H,19,20)/b17-16-. The molecule has 1 aliphatic rings. The third-order valence-corrected chi connectivity index (χ3v) is 4.95. The van der Waals surface area contributed by atoms with Gasteiger partial charge >= 0.3 is 0 Å². The predicted molar refractivity (Wildman–Crippen MR) is 93.5 cm³/mol. The van der Waals surface area contributed by atoms with Gasteiger partial charge in [-0.15, -0.1) is 11.8 Å². The van der Waals surface area contributed by atoms with Crippen LogP contribution in [0.2, 0.25) is 0 Å². The van der Waals surface area contributed by atoms with E-state index in [1.807, 2.05) is 30.0 Å². The number of rotatable bonds is 8. The summed E-state index contributed by atoms with van der Waals surface area (Å²) in [7, 11) is 0. The van der Waals surface area contributed by atoms with E-state index in [1.165, 1.54) is 30.6 Å². The summed E-state index contributed by atoms with van der Waals surface area (Å²) >= 11 is 1.88. The number of amides is 1. The Morgan fingerprint density at radius 3 is 2.67 bits per heavy atom. The van der Waals surface area contributed by atoms with Gasteiger partial charge in [0.25, 0.3) is 5.91 Å². The molecule has 0 saturated heterocycles. The van der Waals surface area contributed by atoms with Crippen molar-refractivity contribution in [3.05, 3.63) is 34.7 Å². The molecule has 0 spiro atoms. The SMILES string of the molecule is CCCCCCS/C(CCC)=C1\C(=O)Nc2ccccc21. The van der Waals surface area contributed by atoms with Crippen molar-refractivity contribution < 1.29 is 4.79 Å². The van der Waals surface area contributed by atoms with Crippen LogP contribution < -0.4 is 5.32 Å². The second kappa shape index (κ2) is 8.28. The first-order valence-corrected chi connectivity index (χ1v) is 9.03. The van der Waals surface area contributed by atoms with Crippen LogP contribution in [0.1, 0.15) is 57.9 Å². The summed E-state index contributed by atoms with van der Waals surface area (Å²) < 4.78 is 0. The Labute approximate surface area is 132 Å². The van der Waals surface area contributed by atoms with Gasteiger partial charge in [-0.2, -0.15) is 0 Å². The minimum atomic E-state index is 0.0701. The van der Waals surface area contributed by atoms with Gasteiger partial charge in [-0.25, -0.2) is 0 Å². The zero-order valence-electron chi connectivity index (χ0n) is 13.1. The molecule has 3 heteroatoms. The van der Waals surface area contributed by atoms with Crippen molar-refractivity contribution in [2.75, 3.05) is 11.1 Å². The molecule has 0 unspecified atom stereocenters. The van der Waals surface area contributed by atoms with Crippen LogP contribution in [-0.2, 0) is 4.79 Å². The number of thioether (sulfide) groups is 1. The lowest BCUT2D eigenvalue weighted by Gasteiger charge is -2.10. The molecular weight excluding hydrogens is 278 g/mol. The Kier molecular flexibility index (Phi) is 6.37. The van der Waals surface area contributed by atoms with E-state index in [-0.39, 0.29) is 5.91 Å². The fourth-order valence-corrected chi connectivity index (χ4v) is 3.91. The summed E-state index contributed by atoms with van der Waals surface area (Å²) in [5.41, 5.74) is 2.94. The van der Waals surface area contributed by atoms with Gasteiger partial charge in [0.05, 0.1) is 5.57 Å². The molecule has 1 aromatic carbocycles. The zero-order valence-corrected chi connectivity index (χ0v) is 13.9. The van der Waals surface area contributed by atoms with Gasteiger partial charge in [-0.1, -0.05) is 57.7 Å². The normalized spacial score (nSPS) is 15.8. The van der Waals surface area contributed by atoms with Crippen molar-refractivity contribution in [2.45, 2.75) is 52.4 Å². The Bertz CT molecular complexity index is 522. The quantitative estimate of drug-likeness (QED) is 0.510. The molecular formula is C18H25NOS. The summed E-state index contributed by atoms with van der Waals surface area (Å²) in [5, 5.41) is 2.99. The number of hydrogen-bond acceptors (Lipinski definition) is 2. The first-order chi connectivity index (χ1) is 10.3. The predicted octanol–water partition coefficient (Wildman–Crippen LogP) is 5.46. The van der Waals surface area contributed by atoms with Gasteiger partial charge in [-0.3, -0.25) is 4.79 Å². The van der Waals surface area contributed by atoms with Gasteiger partial charge in [0.1, 0.15) is 0 Å². The van der Waals surface area contributed by atoms with Crippen LogP contribution in [0.4, 0.5) is 5.69 Å². The molecule has 0 aromatic heterocycles. The van der Waals surface area contributed by atoms with Crippen molar-refractivity contribution >= 4 is 28.9 Å². The molecule has 0 aliphatic carbocycles. The largest absolute Gasteiger partial charge is 0.321 e. The van der Waals surface area contributed by atoms with Gasteiger partial charge in [0, 0.05) is 11.3 Å². The third-order valence-electron chi connectivity index (χ3n) is 3.70. The Hall–Kier alpha value is -1.22. The smallest absolute Gasteiger partial charge is 0.257 e. The Morgan fingerprint density at radius 2 is 1.90 bits per heavy atom. The molecule has 1 amide bonds. The fraction of sp³-hybridized carbons (Fsp3) is 0.500. The maximum absolute atomic E-state index is 12.3. The molecule has 0 bridgehead atoms. The zero-order chi connectivity index (χ0) is 15.1. The molecule has 1 N–H and O–H groups in total. The van der Waals surface area contributed by atoms with E-state index < -0.39 is 0 Å². The van der Waals surface area contributed by atoms with Crippen molar-refractivity contribution in [1.82, 2.24) is 0 Å². The molecule has 21 heavy (non-hydrogen) atoms.